The SMILES string of the molecule is CC(C)(C)CC(=O)N(CCN1CCOCC1)C1CC(=O)N(c2ccccc2)C1=O. The van der Waals surface area contributed by atoms with Gasteiger partial charge in [-0.3, -0.25) is 19.3 Å². The Balaban J connectivity index is 1.78. The summed E-state index contributed by atoms with van der Waals surface area (Å²) in [7, 11) is 0. The van der Waals surface area contributed by atoms with Crippen LogP contribution in [0.5, 0.6) is 0 Å². The lowest BCUT2D eigenvalue weighted by Crippen LogP contribution is -2.50. The summed E-state index contributed by atoms with van der Waals surface area (Å²) in [6.45, 7) is 10.1. The van der Waals surface area contributed by atoms with Gasteiger partial charge in [-0.05, 0) is 17.5 Å². The number of anilines is 1. The first-order valence-electron chi connectivity index (χ1n) is 10.3. The highest BCUT2D eigenvalue weighted by Crippen LogP contribution is 2.28. The van der Waals surface area contributed by atoms with Crippen LogP contribution >= 0.6 is 0 Å². The van der Waals surface area contributed by atoms with E-state index in [1.807, 2.05) is 26.8 Å². The standard InChI is InChI=1S/C22H31N3O4/c1-22(2,3)16-20(27)24(10-9-23-11-13-29-14-12-23)18-15-19(26)25(21(18)28)17-7-5-4-6-8-17/h4-8,18H,9-16H2,1-3H3. The average molecular weight is 402 g/mol. The predicted molar refractivity (Wildman–Crippen MR) is 110 cm³/mol. The van der Waals surface area contributed by atoms with Crippen LogP contribution in [0.2, 0.25) is 0 Å². The fraction of sp³-hybridized carbons (Fsp3) is 0.591. The molecule has 2 fully saturated rings. The van der Waals surface area contributed by atoms with Crippen LogP contribution in [0.4, 0.5) is 5.69 Å². The number of morpholine rings is 1. The fourth-order valence-corrected chi connectivity index (χ4v) is 3.79. The van der Waals surface area contributed by atoms with Gasteiger partial charge in [-0.1, -0.05) is 39.0 Å². The molecule has 0 radical (unpaired) electrons. The first-order chi connectivity index (χ1) is 13.8. The van der Waals surface area contributed by atoms with Crippen LogP contribution in [0, 0.1) is 5.41 Å². The van der Waals surface area contributed by atoms with Crippen LogP contribution in [0.15, 0.2) is 30.3 Å². The van der Waals surface area contributed by atoms with Crippen molar-refractivity contribution in [2.75, 3.05) is 44.3 Å². The average Bonchev–Trinajstić information content (AvgIpc) is 2.96. The van der Waals surface area contributed by atoms with Gasteiger partial charge in [0.1, 0.15) is 6.04 Å². The van der Waals surface area contributed by atoms with Crippen LogP contribution in [0.1, 0.15) is 33.6 Å². The lowest BCUT2D eigenvalue weighted by Gasteiger charge is -2.33. The summed E-state index contributed by atoms with van der Waals surface area (Å²) in [4.78, 5) is 44.0. The maximum atomic E-state index is 13.2. The zero-order chi connectivity index (χ0) is 21.0. The second-order valence-corrected chi connectivity index (χ2v) is 8.90. The molecule has 29 heavy (non-hydrogen) atoms. The molecule has 1 aromatic carbocycles. The minimum Gasteiger partial charge on any atom is -0.379 e. The van der Waals surface area contributed by atoms with Gasteiger partial charge in [0, 0.05) is 32.6 Å². The smallest absolute Gasteiger partial charge is 0.257 e. The van der Waals surface area contributed by atoms with E-state index in [1.54, 1.807) is 29.2 Å². The molecule has 1 atom stereocenters. The largest absolute Gasteiger partial charge is 0.379 e. The molecule has 0 bridgehead atoms. The molecular formula is C22H31N3O4. The number of carbonyl (C=O) groups excluding carboxylic acids is 3. The van der Waals surface area contributed by atoms with Crippen molar-refractivity contribution in [2.24, 2.45) is 5.41 Å². The quantitative estimate of drug-likeness (QED) is 0.681. The molecule has 0 spiro atoms. The third-order valence-electron chi connectivity index (χ3n) is 5.28. The zero-order valence-electron chi connectivity index (χ0n) is 17.6. The van der Waals surface area contributed by atoms with Crippen LogP contribution in [-0.4, -0.2) is 73.0 Å². The van der Waals surface area contributed by atoms with E-state index in [-0.39, 0.29) is 29.6 Å². The van der Waals surface area contributed by atoms with E-state index in [4.69, 9.17) is 4.74 Å². The molecule has 2 aliphatic rings. The van der Waals surface area contributed by atoms with E-state index < -0.39 is 6.04 Å². The van der Waals surface area contributed by atoms with E-state index >= 15 is 0 Å². The van der Waals surface area contributed by atoms with Crippen LogP contribution < -0.4 is 4.90 Å². The predicted octanol–water partition coefficient (Wildman–Crippen LogP) is 1.92. The van der Waals surface area contributed by atoms with E-state index in [1.165, 1.54) is 4.90 Å². The molecule has 1 aromatic rings. The summed E-state index contributed by atoms with van der Waals surface area (Å²) in [5, 5.41) is 0. The molecule has 7 heteroatoms. The second-order valence-electron chi connectivity index (χ2n) is 8.90. The Hall–Kier alpha value is -2.25. The van der Waals surface area contributed by atoms with Crippen LogP contribution in [0.25, 0.3) is 0 Å². The molecule has 3 amide bonds. The number of hydrogen-bond acceptors (Lipinski definition) is 5. The summed E-state index contributed by atoms with van der Waals surface area (Å²) < 4.78 is 5.39. The van der Waals surface area contributed by atoms with Gasteiger partial charge in [0.2, 0.25) is 11.8 Å². The normalized spacial score (nSPS) is 20.9. The van der Waals surface area contributed by atoms with Crippen molar-refractivity contribution in [3.63, 3.8) is 0 Å². The Morgan fingerprint density at radius 2 is 1.79 bits per heavy atom. The molecule has 0 aromatic heterocycles. The third kappa shape index (κ3) is 5.42. The number of para-hydroxylation sites is 1. The van der Waals surface area contributed by atoms with Gasteiger partial charge < -0.3 is 9.64 Å². The van der Waals surface area contributed by atoms with E-state index in [2.05, 4.69) is 4.90 Å². The topological polar surface area (TPSA) is 70.2 Å². The lowest BCUT2D eigenvalue weighted by atomic mass is 9.91. The Morgan fingerprint density at radius 1 is 1.14 bits per heavy atom. The van der Waals surface area contributed by atoms with E-state index in [0.29, 0.717) is 38.4 Å². The van der Waals surface area contributed by atoms with Gasteiger partial charge in [-0.15, -0.1) is 0 Å². The van der Waals surface area contributed by atoms with Crippen LogP contribution in [0.3, 0.4) is 0 Å². The molecule has 0 aliphatic carbocycles. The van der Waals surface area contributed by atoms with Crippen molar-refractivity contribution in [1.82, 2.24) is 9.80 Å². The van der Waals surface area contributed by atoms with Crippen molar-refractivity contribution in [3.8, 4) is 0 Å². The molecule has 158 valence electrons. The molecule has 0 saturated carbocycles. The maximum absolute atomic E-state index is 13.2. The lowest BCUT2D eigenvalue weighted by molar-refractivity contribution is -0.140. The van der Waals surface area contributed by atoms with Crippen LogP contribution in [-0.2, 0) is 19.1 Å². The molecule has 1 unspecified atom stereocenters. The second kappa shape index (κ2) is 9.05. The number of imide groups is 1. The highest BCUT2D eigenvalue weighted by molar-refractivity contribution is 6.23. The van der Waals surface area contributed by atoms with Crippen molar-refractivity contribution < 1.29 is 19.1 Å². The first kappa shape index (κ1) is 21.5. The summed E-state index contributed by atoms with van der Waals surface area (Å²) in [6, 6.07) is 8.18. The maximum Gasteiger partial charge on any atom is 0.257 e. The molecule has 2 saturated heterocycles. The van der Waals surface area contributed by atoms with E-state index in [0.717, 1.165) is 13.1 Å². The molecule has 2 aliphatic heterocycles. The van der Waals surface area contributed by atoms with Crippen molar-refractivity contribution in [3.05, 3.63) is 30.3 Å². The van der Waals surface area contributed by atoms with Gasteiger partial charge in [-0.2, -0.15) is 0 Å². The molecular weight excluding hydrogens is 370 g/mol. The zero-order valence-corrected chi connectivity index (χ0v) is 17.6. The monoisotopic (exact) mass is 401 g/mol. The Labute approximate surface area is 172 Å². The molecule has 2 heterocycles. The highest BCUT2D eigenvalue weighted by atomic mass is 16.5. The van der Waals surface area contributed by atoms with E-state index in [9.17, 15) is 14.4 Å². The number of nitrogens with zero attached hydrogens (tertiary/aromatic N) is 3. The summed E-state index contributed by atoms with van der Waals surface area (Å²) >= 11 is 0. The summed E-state index contributed by atoms with van der Waals surface area (Å²) in [5.41, 5.74) is 0.361. The number of rotatable bonds is 6. The first-order valence-corrected chi connectivity index (χ1v) is 10.3. The summed E-state index contributed by atoms with van der Waals surface area (Å²) in [5.74, 6) is -0.650. The van der Waals surface area contributed by atoms with Crippen molar-refractivity contribution in [1.29, 1.82) is 0 Å². The highest BCUT2D eigenvalue weighted by Gasteiger charge is 2.44. The van der Waals surface area contributed by atoms with Gasteiger partial charge in [0.15, 0.2) is 0 Å². The fourth-order valence-electron chi connectivity index (χ4n) is 3.79. The molecule has 3 rings (SSSR count). The van der Waals surface area contributed by atoms with Crippen molar-refractivity contribution in [2.45, 2.75) is 39.7 Å². The van der Waals surface area contributed by atoms with Gasteiger partial charge in [-0.25, -0.2) is 4.90 Å². The van der Waals surface area contributed by atoms with Gasteiger partial charge >= 0.3 is 0 Å². The molecule has 0 N–H and O–H groups in total. The number of ether oxygens (including phenoxy) is 1. The third-order valence-corrected chi connectivity index (χ3v) is 5.28. The van der Waals surface area contributed by atoms with Crippen molar-refractivity contribution >= 4 is 23.4 Å². The Morgan fingerprint density at radius 3 is 2.41 bits per heavy atom. The summed E-state index contributed by atoms with van der Waals surface area (Å²) in [6.07, 6.45) is 0.367. The minimum absolute atomic E-state index is 0.0344. The minimum atomic E-state index is -0.737. The number of hydrogen-bond donors (Lipinski definition) is 0. The van der Waals surface area contributed by atoms with Gasteiger partial charge in [0.25, 0.3) is 5.91 Å². The van der Waals surface area contributed by atoms with Gasteiger partial charge in [0.05, 0.1) is 25.3 Å². The Bertz CT molecular complexity index is 738. The molecule has 7 nitrogen and oxygen atoms in total. The number of carbonyl (C=O) groups is 3. The number of amides is 3. The Kier molecular flexibility index (Phi) is 6.70. The number of benzene rings is 1.